The van der Waals surface area contributed by atoms with Gasteiger partial charge in [-0.25, -0.2) is 4.98 Å². The SMILES string of the molecule is COC1CCN(c2nc3ccccc3cc2CN)C1. The van der Waals surface area contributed by atoms with Crippen LogP contribution in [0.2, 0.25) is 0 Å². The number of methoxy groups -OCH3 is 1. The number of nitrogens with zero attached hydrogens (tertiary/aromatic N) is 2. The number of benzene rings is 1. The molecule has 1 saturated heterocycles. The van der Waals surface area contributed by atoms with Gasteiger partial charge >= 0.3 is 0 Å². The first-order valence-electron chi connectivity index (χ1n) is 6.68. The summed E-state index contributed by atoms with van der Waals surface area (Å²) in [7, 11) is 1.77. The maximum absolute atomic E-state index is 5.88. The molecule has 2 N–H and O–H groups in total. The van der Waals surface area contributed by atoms with Gasteiger partial charge in [-0.3, -0.25) is 0 Å². The lowest BCUT2D eigenvalue weighted by Gasteiger charge is -2.20. The third-order valence-electron chi connectivity index (χ3n) is 3.78. The van der Waals surface area contributed by atoms with Gasteiger partial charge in [-0.15, -0.1) is 0 Å². The monoisotopic (exact) mass is 257 g/mol. The van der Waals surface area contributed by atoms with Gasteiger partial charge in [0.1, 0.15) is 5.82 Å². The summed E-state index contributed by atoms with van der Waals surface area (Å²) in [5.41, 5.74) is 8.01. The molecule has 19 heavy (non-hydrogen) atoms. The van der Waals surface area contributed by atoms with E-state index in [0.717, 1.165) is 41.8 Å². The number of hydrogen-bond donors (Lipinski definition) is 1. The average Bonchev–Trinajstić information content (AvgIpc) is 2.94. The first kappa shape index (κ1) is 12.4. The fourth-order valence-corrected chi connectivity index (χ4v) is 2.69. The van der Waals surface area contributed by atoms with E-state index in [1.807, 2.05) is 18.2 Å². The highest BCUT2D eigenvalue weighted by Crippen LogP contribution is 2.26. The molecule has 1 aromatic heterocycles. The van der Waals surface area contributed by atoms with E-state index in [1.165, 1.54) is 0 Å². The van der Waals surface area contributed by atoms with Crippen molar-refractivity contribution in [3.63, 3.8) is 0 Å². The van der Waals surface area contributed by atoms with Crippen LogP contribution in [0.15, 0.2) is 30.3 Å². The molecule has 4 nitrogen and oxygen atoms in total. The molecule has 1 aromatic carbocycles. The average molecular weight is 257 g/mol. The van der Waals surface area contributed by atoms with Crippen molar-refractivity contribution in [3.8, 4) is 0 Å². The van der Waals surface area contributed by atoms with Gasteiger partial charge in [0.15, 0.2) is 0 Å². The molecule has 100 valence electrons. The lowest BCUT2D eigenvalue weighted by molar-refractivity contribution is 0.121. The van der Waals surface area contributed by atoms with Crippen LogP contribution in [0, 0.1) is 0 Å². The Labute approximate surface area is 113 Å². The number of fused-ring (bicyclic) bond motifs is 1. The molecule has 0 amide bonds. The smallest absolute Gasteiger partial charge is 0.133 e. The molecule has 1 fully saturated rings. The van der Waals surface area contributed by atoms with Gasteiger partial charge in [0, 0.05) is 37.7 Å². The number of para-hydroxylation sites is 1. The third-order valence-corrected chi connectivity index (χ3v) is 3.78. The van der Waals surface area contributed by atoms with Crippen LogP contribution < -0.4 is 10.6 Å². The van der Waals surface area contributed by atoms with Crippen molar-refractivity contribution in [2.24, 2.45) is 5.73 Å². The minimum atomic E-state index is 0.305. The highest BCUT2D eigenvalue weighted by Gasteiger charge is 2.24. The molecule has 0 radical (unpaired) electrons. The molecule has 2 aromatic rings. The van der Waals surface area contributed by atoms with Crippen LogP contribution in [0.5, 0.6) is 0 Å². The van der Waals surface area contributed by atoms with Crippen molar-refractivity contribution in [3.05, 3.63) is 35.9 Å². The van der Waals surface area contributed by atoms with Gasteiger partial charge < -0.3 is 15.4 Å². The quantitative estimate of drug-likeness (QED) is 0.912. The Hall–Kier alpha value is -1.65. The molecular weight excluding hydrogens is 238 g/mol. The van der Waals surface area contributed by atoms with E-state index in [1.54, 1.807) is 7.11 Å². The summed E-state index contributed by atoms with van der Waals surface area (Å²) in [6.45, 7) is 2.40. The van der Waals surface area contributed by atoms with Crippen molar-refractivity contribution < 1.29 is 4.74 Å². The Morgan fingerprint density at radius 3 is 3.00 bits per heavy atom. The zero-order valence-electron chi connectivity index (χ0n) is 11.2. The number of nitrogens with two attached hydrogens (primary N) is 1. The summed E-state index contributed by atoms with van der Waals surface area (Å²) < 4.78 is 5.42. The van der Waals surface area contributed by atoms with E-state index < -0.39 is 0 Å². The van der Waals surface area contributed by atoms with E-state index >= 15 is 0 Å². The molecule has 4 heteroatoms. The zero-order chi connectivity index (χ0) is 13.2. The maximum Gasteiger partial charge on any atom is 0.133 e. The number of ether oxygens (including phenoxy) is 1. The van der Waals surface area contributed by atoms with Crippen LogP contribution in [0.4, 0.5) is 5.82 Å². The predicted molar refractivity (Wildman–Crippen MR) is 77.3 cm³/mol. The van der Waals surface area contributed by atoms with Crippen LogP contribution in [0.1, 0.15) is 12.0 Å². The fourth-order valence-electron chi connectivity index (χ4n) is 2.69. The standard InChI is InChI=1S/C15H19N3O/c1-19-13-6-7-18(10-13)15-12(9-16)8-11-4-2-3-5-14(11)17-15/h2-5,8,13H,6-7,9-10,16H2,1H3. The van der Waals surface area contributed by atoms with Gasteiger partial charge in [-0.05, 0) is 18.6 Å². The molecule has 0 aliphatic carbocycles. The molecule has 3 rings (SSSR count). The van der Waals surface area contributed by atoms with E-state index in [0.29, 0.717) is 12.6 Å². The summed E-state index contributed by atoms with van der Waals surface area (Å²) in [6, 6.07) is 10.3. The topological polar surface area (TPSA) is 51.4 Å². The first-order chi connectivity index (χ1) is 9.31. The van der Waals surface area contributed by atoms with Gasteiger partial charge in [-0.1, -0.05) is 18.2 Å². The first-order valence-corrected chi connectivity index (χ1v) is 6.68. The molecule has 1 aliphatic rings. The highest BCUT2D eigenvalue weighted by molar-refractivity contribution is 5.81. The fraction of sp³-hybridized carbons (Fsp3) is 0.400. The lowest BCUT2D eigenvalue weighted by Crippen LogP contribution is -2.25. The molecule has 1 unspecified atom stereocenters. The molecule has 2 heterocycles. The van der Waals surface area contributed by atoms with Crippen molar-refractivity contribution >= 4 is 16.7 Å². The largest absolute Gasteiger partial charge is 0.380 e. The predicted octanol–water partition coefficient (Wildman–Crippen LogP) is 1.92. The van der Waals surface area contributed by atoms with Crippen LogP contribution in [-0.4, -0.2) is 31.3 Å². The van der Waals surface area contributed by atoms with Gasteiger partial charge in [0.25, 0.3) is 0 Å². The minimum Gasteiger partial charge on any atom is -0.380 e. The normalized spacial score (nSPS) is 19.3. The van der Waals surface area contributed by atoms with Crippen molar-refractivity contribution in [1.29, 1.82) is 0 Å². The van der Waals surface area contributed by atoms with Crippen LogP contribution in [0.25, 0.3) is 10.9 Å². The second-order valence-corrected chi connectivity index (χ2v) is 4.96. The van der Waals surface area contributed by atoms with Gasteiger partial charge in [0.05, 0.1) is 11.6 Å². The van der Waals surface area contributed by atoms with Crippen LogP contribution in [-0.2, 0) is 11.3 Å². The van der Waals surface area contributed by atoms with Crippen molar-refractivity contribution in [1.82, 2.24) is 4.98 Å². The van der Waals surface area contributed by atoms with Crippen molar-refractivity contribution in [2.75, 3.05) is 25.1 Å². The molecule has 1 atom stereocenters. The molecule has 0 saturated carbocycles. The Bertz CT molecular complexity index is 585. The van der Waals surface area contributed by atoms with E-state index in [2.05, 4.69) is 17.0 Å². The minimum absolute atomic E-state index is 0.305. The van der Waals surface area contributed by atoms with E-state index in [-0.39, 0.29) is 0 Å². The summed E-state index contributed by atoms with van der Waals surface area (Å²) in [5.74, 6) is 1.01. The highest BCUT2D eigenvalue weighted by atomic mass is 16.5. The Kier molecular flexibility index (Phi) is 3.36. The number of pyridine rings is 1. The maximum atomic E-state index is 5.88. The van der Waals surface area contributed by atoms with Gasteiger partial charge in [-0.2, -0.15) is 0 Å². The van der Waals surface area contributed by atoms with E-state index in [4.69, 9.17) is 15.5 Å². The molecule has 1 aliphatic heterocycles. The van der Waals surface area contributed by atoms with Crippen molar-refractivity contribution in [2.45, 2.75) is 19.1 Å². The Balaban J connectivity index is 2.02. The van der Waals surface area contributed by atoms with Gasteiger partial charge in [0.2, 0.25) is 0 Å². The Morgan fingerprint density at radius 2 is 2.26 bits per heavy atom. The second-order valence-electron chi connectivity index (χ2n) is 4.96. The number of hydrogen-bond acceptors (Lipinski definition) is 4. The molecule has 0 spiro atoms. The lowest BCUT2D eigenvalue weighted by atomic mass is 10.1. The van der Waals surface area contributed by atoms with E-state index in [9.17, 15) is 0 Å². The third kappa shape index (κ3) is 2.29. The molecule has 0 bridgehead atoms. The summed E-state index contributed by atoms with van der Waals surface area (Å²) in [6.07, 6.45) is 1.36. The summed E-state index contributed by atoms with van der Waals surface area (Å²) >= 11 is 0. The van der Waals surface area contributed by atoms with Crippen LogP contribution >= 0.6 is 0 Å². The molecular formula is C15H19N3O. The summed E-state index contributed by atoms with van der Waals surface area (Å²) in [5, 5.41) is 1.15. The zero-order valence-corrected chi connectivity index (χ0v) is 11.2. The number of anilines is 1. The number of rotatable bonds is 3. The summed E-state index contributed by atoms with van der Waals surface area (Å²) in [4.78, 5) is 7.07. The van der Waals surface area contributed by atoms with Crippen LogP contribution in [0.3, 0.4) is 0 Å². The number of aromatic nitrogens is 1. The second kappa shape index (κ2) is 5.15. The Morgan fingerprint density at radius 1 is 1.42 bits per heavy atom.